The van der Waals surface area contributed by atoms with Crippen LogP contribution >= 0.6 is 0 Å². The molecule has 3 N–H and O–H groups in total. The van der Waals surface area contributed by atoms with Gasteiger partial charge in [-0.15, -0.1) is 0 Å². The fourth-order valence-electron chi connectivity index (χ4n) is 12.2. The summed E-state index contributed by atoms with van der Waals surface area (Å²) >= 11 is 0. The van der Waals surface area contributed by atoms with Crippen LogP contribution in [0.15, 0.2) is 23.9 Å². The Morgan fingerprint density at radius 1 is 1.16 bits per heavy atom. The van der Waals surface area contributed by atoms with Crippen molar-refractivity contribution in [3.05, 3.63) is 34.0 Å². The van der Waals surface area contributed by atoms with E-state index in [0.717, 1.165) is 32.1 Å². The monoisotopic (exact) mass is 682 g/mol. The maximum absolute atomic E-state index is 13.4. The topological polar surface area (TPSA) is 143 Å². The Morgan fingerprint density at radius 3 is 2.45 bits per heavy atom. The molecule has 0 spiro atoms. The molecule has 1 unspecified atom stereocenters. The van der Waals surface area contributed by atoms with Crippen molar-refractivity contribution in [2.45, 2.75) is 125 Å². The fraction of sp³-hybridized carbons (Fsp3) is 0.846. The number of nitro groups is 1. The predicted octanol–water partition coefficient (Wildman–Crippen LogP) is 7.68. The average Bonchev–Trinajstić information content (AvgIpc) is 3.51. The molecule has 12 atom stereocenters. The molecule has 2 heterocycles. The van der Waals surface area contributed by atoms with Crippen molar-refractivity contribution < 1.29 is 24.3 Å². The van der Waals surface area contributed by atoms with E-state index in [2.05, 4.69) is 73.5 Å². The summed E-state index contributed by atoms with van der Waals surface area (Å²) in [6.45, 7) is 23.6. The second-order valence-corrected chi connectivity index (χ2v) is 18.9. The molecule has 1 aromatic heterocycles. The lowest BCUT2D eigenvalue weighted by Crippen LogP contribution is -2.69. The predicted molar refractivity (Wildman–Crippen MR) is 189 cm³/mol. The normalized spacial score (nSPS) is 43.5. The van der Waals surface area contributed by atoms with Gasteiger partial charge in [-0.2, -0.15) is 4.68 Å². The fourth-order valence-corrected chi connectivity index (χ4v) is 12.2. The standard InChI is InChI=1S/C39H62N4O6/c1-23(2)25(5)34(6)16-17-36(8)26-11-12-29-35(7)20-48-22-39(29,27(26)13-15-37(36,9)31(34)33(44)45)19-28(42-18-14-30(41-42)43(46)47)32(35)49-21-38(10,40)24(3)4/h13-14,18,23-26,28-29,31-32H,11-12,15-17,19-22,40H2,1-10H3,(H,44,45)/t25-,26+,28-,29+,31-,32+,34-,35?,36-,37+,38+,39+/m1/s1. The van der Waals surface area contributed by atoms with Gasteiger partial charge in [0.05, 0.1) is 49.2 Å². The quantitative estimate of drug-likeness (QED) is 0.153. The van der Waals surface area contributed by atoms with Gasteiger partial charge in [0.25, 0.3) is 0 Å². The summed E-state index contributed by atoms with van der Waals surface area (Å²) < 4.78 is 15.4. The minimum Gasteiger partial charge on any atom is -0.481 e. The maximum Gasteiger partial charge on any atom is 0.389 e. The van der Waals surface area contributed by atoms with Crippen LogP contribution in [0.25, 0.3) is 0 Å². The molecule has 2 bridgehead atoms. The van der Waals surface area contributed by atoms with E-state index in [1.807, 2.05) is 6.92 Å². The first-order valence-corrected chi connectivity index (χ1v) is 18.8. The molecule has 1 saturated heterocycles. The lowest BCUT2D eigenvalue weighted by atomic mass is 9.34. The number of aliphatic carboxylic acids is 1. The van der Waals surface area contributed by atoms with E-state index in [0.29, 0.717) is 32.2 Å². The Kier molecular flexibility index (Phi) is 8.84. The van der Waals surface area contributed by atoms with Crippen LogP contribution in [0.3, 0.4) is 0 Å². The second kappa shape index (κ2) is 11.9. The maximum atomic E-state index is 13.4. The number of aromatic nitrogens is 2. The van der Waals surface area contributed by atoms with Gasteiger partial charge >= 0.3 is 11.8 Å². The first kappa shape index (κ1) is 36.5. The highest BCUT2D eigenvalue weighted by atomic mass is 16.6. The molecular formula is C39H62N4O6. The summed E-state index contributed by atoms with van der Waals surface area (Å²) in [7, 11) is 0. The Hall–Kier alpha value is -2.30. The summed E-state index contributed by atoms with van der Waals surface area (Å²) in [6.07, 6.45) is 9.18. The molecule has 0 radical (unpaired) electrons. The molecule has 0 amide bonds. The number of hydrogen-bond donors (Lipinski definition) is 2. The number of allylic oxidation sites excluding steroid dienone is 1. The minimum absolute atomic E-state index is 0.168. The van der Waals surface area contributed by atoms with Gasteiger partial charge in [-0.05, 0) is 96.2 Å². The molecule has 1 aliphatic heterocycles. The number of nitrogens with two attached hydrogens (primary N) is 1. The number of ether oxygens (including phenoxy) is 2. The molecular weight excluding hydrogens is 620 g/mol. The molecule has 4 fully saturated rings. The third-order valence-electron chi connectivity index (χ3n) is 16.1. The summed E-state index contributed by atoms with van der Waals surface area (Å²) in [5, 5.41) is 27.3. The van der Waals surface area contributed by atoms with E-state index in [-0.39, 0.29) is 63.3 Å². The summed E-state index contributed by atoms with van der Waals surface area (Å²) in [4.78, 5) is 24.8. The zero-order chi connectivity index (χ0) is 36.1. The van der Waals surface area contributed by atoms with E-state index in [4.69, 9.17) is 15.2 Å². The third-order valence-corrected chi connectivity index (χ3v) is 16.1. The lowest BCUT2D eigenvalue weighted by Gasteiger charge is -2.71. The number of rotatable bonds is 9. The number of fused-ring (bicyclic) bond motifs is 3. The van der Waals surface area contributed by atoms with Gasteiger partial charge in [-0.25, -0.2) is 0 Å². The van der Waals surface area contributed by atoms with Crippen molar-refractivity contribution >= 4 is 11.8 Å². The Labute approximate surface area is 293 Å². The highest BCUT2D eigenvalue weighted by Crippen LogP contribution is 2.75. The SMILES string of the molecule is CC(C)[C@@H](C)[C@@]1(C)CC[C@]2(C)[C@H]3CC[C@H]4C5(C)COC[C@@]4(C[C@@H](n4ccc([N+](=O)[O-])n4)[C@@H]5OC[C@](C)(N)C(C)C)C3=CC[C@@]2(C)[C@@H]1C(=O)O. The van der Waals surface area contributed by atoms with Gasteiger partial charge in [0.1, 0.15) is 6.04 Å². The van der Waals surface area contributed by atoms with Gasteiger partial charge in [-0.3, -0.25) is 4.79 Å². The molecule has 10 nitrogen and oxygen atoms in total. The zero-order valence-electron chi connectivity index (χ0n) is 31.6. The third kappa shape index (κ3) is 5.11. The zero-order valence-corrected chi connectivity index (χ0v) is 31.6. The minimum atomic E-state index is -0.660. The average molecular weight is 683 g/mol. The number of carbonyl (C=O) groups is 1. The van der Waals surface area contributed by atoms with Crippen LogP contribution in [0.5, 0.6) is 0 Å². The molecule has 0 aromatic carbocycles. The first-order chi connectivity index (χ1) is 22.7. The van der Waals surface area contributed by atoms with Crippen LogP contribution in [0.2, 0.25) is 0 Å². The van der Waals surface area contributed by atoms with Crippen LogP contribution in [0, 0.1) is 72.7 Å². The molecule has 49 heavy (non-hydrogen) atoms. The van der Waals surface area contributed by atoms with E-state index in [1.54, 1.807) is 10.9 Å². The molecule has 274 valence electrons. The van der Waals surface area contributed by atoms with E-state index in [1.165, 1.54) is 11.6 Å². The Morgan fingerprint density at radius 2 is 1.86 bits per heavy atom. The molecule has 6 rings (SSSR count). The van der Waals surface area contributed by atoms with Crippen LogP contribution in [0.1, 0.15) is 114 Å². The van der Waals surface area contributed by atoms with Crippen LogP contribution in [-0.4, -0.2) is 57.2 Å². The van der Waals surface area contributed by atoms with Gasteiger partial charge in [0, 0.05) is 16.4 Å². The number of carboxylic acid groups (broad SMARTS) is 1. The first-order valence-electron chi connectivity index (χ1n) is 18.8. The molecule has 10 heteroatoms. The smallest absolute Gasteiger partial charge is 0.389 e. The highest BCUT2D eigenvalue weighted by molar-refractivity contribution is 5.73. The summed E-state index contributed by atoms with van der Waals surface area (Å²) in [5.41, 5.74) is 6.03. The van der Waals surface area contributed by atoms with Crippen LogP contribution in [0.4, 0.5) is 5.82 Å². The largest absolute Gasteiger partial charge is 0.481 e. The van der Waals surface area contributed by atoms with Crippen molar-refractivity contribution in [1.82, 2.24) is 9.78 Å². The molecule has 3 saturated carbocycles. The lowest BCUT2D eigenvalue weighted by molar-refractivity contribution is -0.390. The van der Waals surface area contributed by atoms with E-state index >= 15 is 0 Å². The van der Waals surface area contributed by atoms with E-state index < -0.39 is 27.8 Å². The summed E-state index contributed by atoms with van der Waals surface area (Å²) in [6, 6.07) is 1.23. The van der Waals surface area contributed by atoms with Crippen molar-refractivity contribution in [3.63, 3.8) is 0 Å². The second-order valence-electron chi connectivity index (χ2n) is 18.9. The Balaban J connectivity index is 1.46. The number of carboxylic acids is 1. The molecule has 4 aliphatic carbocycles. The summed E-state index contributed by atoms with van der Waals surface area (Å²) in [5.74, 6) is 0.100. The van der Waals surface area contributed by atoms with Gasteiger partial charge in [0.15, 0.2) is 0 Å². The van der Waals surface area contributed by atoms with Crippen molar-refractivity contribution in [3.8, 4) is 0 Å². The highest BCUT2D eigenvalue weighted by Gasteiger charge is 2.72. The van der Waals surface area contributed by atoms with Crippen molar-refractivity contribution in [2.75, 3.05) is 19.8 Å². The van der Waals surface area contributed by atoms with Gasteiger partial charge in [0.2, 0.25) is 0 Å². The molecule has 5 aliphatic rings. The van der Waals surface area contributed by atoms with Crippen molar-refractivity contribution in [1.29, 1.82) is 0 Å². The van der Waals surface area contributed by atoms with Gasteiger partial charge in [-0.1, -0.05) is 74.0 Å². The van der Waals surface area contributed by atoms with Crippen LogP contribution < -0.4 is 5.73 Å². The molecule has 1 aromatic rings. The Bertz CT molecular complexity index is 1500. The van der Waals surface area contributed by atoms with Gasteiger partial charge < -0.3 is 30.4 Å². The number of nitrogens with zero attached hydrogens (tertiary/aromatic N) is 3. The van der Waals surface area contributed by atoms with Crippen LogP contribution in [-0.2, 0) is 14.3 Å². The number of hydrogen-bond acceptors (Lipinski definition) is 7. The van der Waals surface area contributed by atoms with E-state index in [9.17, 15) is 20.0 Å². The van der Waals surface area contributed by atoms with Crippen molar-refractivity contribution in [2.24, 2.45) is 68.3 Å².